The minimum Gasteiger partial charge on any atom is -0.550 e. The van der Waals surface area contributed by atoms with Crippen LogP contribution in [0.3, 0.4) is 0 Å². The summed E-state index contributed by atoms with van der Waals surface area (Å²) in [6.45, 7) is 0.243. The summed E-state index contributed by atoms with van der Waals surface area (Å²) in [7, 11) is -3.75. The third kappa shape index (κ3) is 2.91. The molecule has 0 saturated carbocycles. The average molecular weight is 303 g/mol. The number of rotatable bonds is 3. The van der Waals surface area contributed by atoms with Crippen molar-refractivity contribution in [3.8, 4) is 0 Å². The Morgan fingerprint density at radius 2 is 2.05 bits per heavy atom. The van der Waals surface area contributed by atoms with E-state index in [1.54, 1.807) is 12.1 Å². The maximum absolute atomic E-state index is 12.4. The van der Waals surface area contributed by atoms with Crippen LogP contribution in [0.25, 0.3) is 0 Å². The van der Waals surface area contributed by atoms with Gasteiger partial charge in [0.05, 0.1) is 5.02 Å². The van der Waals surface area contributed by atoms with Crippen LogP contribution in [-0.4, -0.2) is 31.8 Å². The summed E-state index contributed by atoms with van der Waals surface area (Å²) < 4.78 is 26.0. The van der Waals surface area contributed by atoms with Crippen LogP contribution in [0.2, 0.25) is 5.02 Å². The summed E-state index contributed by atoms with van der Waals surface area (Å²) in [4.78, 5) is 10.9. The number of halogens is 1. The quantitative estimate of drug-likeness (QED) is 0.814. The van der Waals surface area contributed by atoms with E-state index in [2.05, 4.69) is 0 Å². The number of carbonyl (C=O) groups is 1. The van der Waals surface area contributed by atoms with Gasteiger partial charge in [-0.3, -0.25) is 0 Å². The molecule has 1 aliphatic rings. The lowest BCUT2D eigenvalue weighted by molar-refractivity contribution is -0.312. The first-order chi connectivity index (χ1) is 8.93. The van der Waals surface area contributed by atoms with Gasteiger partial charge in [0.25, 0.3) is 0 Å². The molecule has 1 aromatic rings. The van der Waals surface area contributed by atoms with Gasteiger partial charge in [-0.2, -0.15) is 4.31 Å². The zero-order valence-electron chi connectivity index (χ0n) is 10.1. The molecule has 0 spiro atoms. The van der Waals surface area contributed by atoms with Crippen molar-refractivity contribution in [1.82, 2.24) is 4.31 Å². The van der Waals surface area contributed by atoms with Crippen molar-refractivity contribution in [2.75, 3.05) is 13.1 Å². The van der Waals surface area contributed by atoms with Crippen molar-refractivity contribution in [3.63, 3.8) is 0 Å². The molecule has 0 bridgehead atoms. The van der Waals surface area contributed by atoms with Crippen molar-refractivity contribution in [2.45, 2.75) is 17.7 Å². The van der Waals surface area contributed by atoms with Gasteiger partial charge >= 0.3 is 0 Å². The number of hydrogen-bond acceptors (Lipinski definition) is 4. The van der Waals surface area contributed by atoms with Crippen LogP contribution in [0.1, 0.15) is 12.8 Å². The van der Waals surface area contributed by atoms with E-state index in [9.17, 15) is 18.3 Å². The molecular weight excluding hydrogens is 290 g/mol. The molecule has 7 heteroatoms. The third-order valence-corrected chi connectivity index (χ3v) is 5.54. The number of aliphatic carboxylic acids is 1. The van der Waals surface area contributed by atoms with Crippen LogP contribution >= 0.6 is 11.6 Å². The Hall–Kier alpha value is -1.11. The summed E-state index contributed by atoms with van der Waals surface area (Å²) in [5, 5.41) is 11.0. The molecule has 1 aliphatic heterocycles. The van der Waals surface area contributed by atoms with E-state index >= 15 is 0 Å². The second-order valence-corrected chi connectivity index (χ2v) is 6.77. The highest BCUT2D eigenvalue weighted by molar-refractivity contribution is 7.89. The van der Waals surface area contributed by atoms with Crippen LogP contribution in [0.4, 0.5) is 0 Å². The highest BCUT2D eigenvalue weighted by Gasteiger charge is 2.31. The molecule has 1 saturated heterocycles. The van der Waals surface area contributed by atoms with E-state index < -0.39 is 21.9 Å². The van der Waals surface area contributed by atoms with Gasteiger partial charge in [-0.15, -0.1) is 0 Å². The number of carboxylic acids is 1. The standard InChI is InChI=1S/C12H14ClNO4S/c13-10-5-1-2-6-11(10)19(17,18)14-7-3-4-9(8-14)12(15)16/h1-2,5-6,9H,3-4,7-8H2,(H,15,16)/p-1/t9-/m0/s1. The fourth-order valence-corrected chi connectivity index (χ4v) is 4.16. The number of sulfonamides is 1. The van der Waals surface area contributed by atoms with E-state index in [4.69, 9.17) is 11.6 Å². The van der Waals surface area contributed by atoms with Gasteiger partial charge < -0.3 is 9.90 Å². The fraction of sp³-hybridized carbons (Fsp3) is 0.417. The first kappa shape index (κ1) is 14.3. The number of piperidine rings is 1. The molecule has 0 radical (unpaired) electrons. The van der Waals surface area contributed by atoms with Crippen LogP contribution in [0.15, 0.2) is 29.2 Å². The van der Waals surface area contributed by atoms with E-state index in [0.717, 1.165) is 4.31 Å². The van der Waals surface area contributed by atoms with E-state index in [-0.39, 0.29) is 16.5 Å². The molecule has 0 amide bonds. The minimum absolute atomic E-state index is 0.00987. The Labute approximate surface area is 116 Å². The molecule has 1 aromatic carbocycles. The number of hydrogen-bond donors (Lipinski definition) is 0. The summed E-state index contributed by atoms with van der Waals surface area (Å²) >= 11 is 5.89. The Kier molecular flexibility index (Phi) is 4.13. The molecule has 5 nitrogen and oxygen atoms in total. The highest BCUT2D eigenvalue weighted by atomic mass is 35.5. The highest BCUT2D eigenvalue weighted by Crippen LogP contribution is 2.27. The van der Waals surface area contributed by atoms with Crippen molar-refractivity contribution in [2.24, 2.45) is 5.92 Å². The topological polar surface area (TPSA) is 77.5 Å². The summed E-state index contributed by atoms with van der Waals surface area (Å²) in [5.41, 5.74) is 0. The van der Waals surface area contributed by atoms with Crippen LogP contribution in [0, 0.1) is 5.92 Å². The van der Waals surface area contributed by atoms with Crippen LogP contribution in [-0.2, 0) is 14.8 Å². The fourth-order valence-electron chi connectivity index (χ4n) is 2.15. The van der Waals surface area contributed by atoms with Crippen LogP contribution in [0.5, 0.6) is 0 Å². The molecule has 0 aliphatic carbocycles. The smallest absolute Gasteiger partial charge is 0.244 e. The molecule has 1 fully saturated rings. The summed E-state index contributed by atoms with van der Waals surface area (Å²) in [5.74, 6) is -1.97. The molecule has 0 unspecified atom stereocenters. The second-order valence-electron chi connectivity index (χ2n) is 4.45. The lowest BCUT2D eigenvalue weighted by atomic mass is 10.0. The Morgan fingerprint density at radius 1 is 1.37 bits per heavy atom. The van der Waals surface area contributed by atoms with Crippen molar-refractivity contribution in [3.05, 3.63) is 29.3 Å². The normalized spacial score (nSPS) is 21.2. The van der Waals surface area contributed by atoms with Crippen molar-refractivity contribution < 1.29 is 18.3 Å². The van der Waals surface area contributed by atoms with Crippen molar-refractivity contribution in [1.29, 1.82) is 0 Å². The van der Waals surface area contributed by atoms with Gasteiger partial charge in [-0.25, -0.2) is 8.42 Å². The predicted octanol–water partition coefficient (Wildman–Crippen LogP) is 0.491. The van der Waals surface area contributed by atoms with Gasteiger partial charge in [0.2, 0.25) is 10.0 Å². The number of nitrogens with zero attached hydrogens (tertiary/aromatic N) is 1. The van der Waals surface area contributed by atoms with E-state index in [0.29, 0.717) is 19.4 Å². The Bertz CT molecular complexity index is 587. The third-order valence-electron chi connectivity index (χ3n) is 3.17. The Morgan fingerprint density at radius 3 is 2.68 bits per heavy atom. The first-order valence-electron chi connectivity index (χ1n) is 5.88. The summed E-state index contributed by atoms with van der Waals surface area (Å²) in [6.07, 6.45) is 0.944. The lowest BCUT2D eigenvalue weighted by Crippen LogP contribution is -2.46. The van der Waals surface area contributed by atoms with Gasteiger partial charge in [0, 0.05) is 25.0 Å². The minimum atomic E-state index is -3.75. The van der Waals surface area contributed by atoms with E-state index in [1.807, 2.05) is 0 Å². The molecular formula is C12H13ClNO4S-. The molecule has 104 valence electrons. The van der Waals surface area contributed by atoms with Crippen LogP contribution < -0.4 is 5.11 Å². The molecule has 1 atom stereocenters. The predicted molar refractivity (Wildman–Crippen MR) is 67.9 cm³/mol. The maximum atomic E-state index is 12.4. The monoisotopic (exact) mass is 302 g/mol. The van der Waals surface area contributed by atoms with Gasteiger partial charge in [0.15, 0.2) is 0 Å². The summed E-state index contributed by atoms with van der Waals surface area (Å²) in [6, 6.07) is 6.13. The molecule has 2 rings (SSSR count). The zero-order valence-corrected chi connectivity index (χ0v) is 11.7. The van der Waals surface area contributed by atoms with Crippen molar-refractivity contribution >= 4 is 27.6 Å². The second kappa shape index (κ2) is 5.48. The number of carbonyl (C=O) groups excluding carboxylic acids is 1. The SMILES string of the molecule is O=C([O-])[C@H]1CCCN(S(=O)(=O)c2ccccc2Cl)C1. The number of carboxylic acid groups (broad SMARTS) is 1. The first-order valence-corrected chi connectivity index (χ1v) is 7.70. The Balaban J connectivity index is 2.30. The van der Waals surface area contributed by atoms with Gasteiger partial charge in [-0.05, 0) is 25.0 Å². The molecule has 19 heavy (non-hydrogen) atoms. The maximum Gasteiger partial charge on any atom is 0.244 e. The average Bonchev–Trinajstić information content (AvgIpc) is 2.39. The number of benzene rings is 1. The van der Waals surface area contributed by atoms with E-state index in [1.165, 1.54) is 12.1 Å². The van der Waals surface area contributed by atoms with Gasteiger partial charge in [0.1, 0.15) is 4.90 Å². The molecule has 1 heterocycles. The molecule has 0 N–H and O–H groups in total. The largest absolute Gasteiger partial charge is 0.550 e. The van der Waals surface area contributed by atoms with Gasteiger partial charge in [-0.1, -0.05) is 23.7 Å². The molecule has 0 aromatic heterocycles. The zero-order chi connectivity index (χ0) is 14.0. The lowest BCUT2D eigenvalue weighted by Gasteiger charge is -2.32.